The first-order chi connectivity index (χ1) is 2.64. The quantitative estimate of drug-likeness (QED) is 0.320. The molecule has 0 unspecified atom stereocenters. The summed E-state index contributed by atoms with van der Waals surface area (Å²) in [5, 5.41) is 7.83. The van der Waals surface area contributed by atoms with E-state index >= 15 is 0 Å². The smallest absolute Gasteiger partial charge is 0.168 e. The minimum absolute atomic E-state index is 0. The maximum Gasteiger partial charge on any atom is 0.168 e. The van der Waals surface area contributed by atoms with Gasteiger partial charge in [-0.15, -0.1) is 5.57 Å². The second kappa shape index (κ2) is 4.09. The summed E-state index contributed by atoms with van der Waals surface area (Å²) in [6.07, 6.45) is 0. The molecule has 0 rings (SSSR count). The topological polar surface area (TPSA) is 37.3 Å². The number of rotatable bonds is 1. The molecule has 0 aromatic rings. The Labute approximate surface area is 57.1 Å². The Bertz CT molecular complexity index is 75.7. The molecular weight excluding hydrogens is 128 g/mol. The molecule has 0 aromatic heterocycles. The monoisotopic (exact) mass is 133 g/mol. The molecule has 1 N–H and O–H groups in total. The van der Waals surface area contributed by atoms with E-state index in [1.165, 1.54) is 6.92 Å². The molecule has 0 aliphatic rings. The van der Waals surface area contributed by atoms with Crippen LogP contribution in [0.25, 0.3) is 0 Å². The van der Waals surface area contributed by atoms with Gasteiger partial charge in [0.2, 0.25) is 0 Å². The van der Waals surface area contributed by atoms with Crippen molar-refractivity contribution in [1.29, 1.82) is 0 Å². The molecule has 0 spiro atoms. The largest absolute Gasteiger partial charge is 0.562 e. The summed E-state index contributed by atoms with van der Waals surface area (Å²) in [5.74, 6) is -1.05. The minimum Gasteiger partial charge on any atom is -0.562 e. The Hall–Kier alpha value is -0.0757. The third-order valence-electron chi connectivity index (χ3n) is 0.337. The second-order valence-corrected chi connectivity index (χ2v) is 0.988. The molecule has 38 valence electrons. The molecule has 0 saturated carbocycles. The zero-order valence-corrected chi connectivity index (χ0v) is 5.49. The van der Waals surface area contributed by atoms with E-state index in [9.17, 15) is 4.79 Å². The van der Waals surface area contributed by atoms with Crippen LogP contribution in [0.2, 0.25) is 0 Å². The molecule has 0 bridgehead atoms. The van der Waals surface area contributed by atoms with Gasteiger partial charge in [0.1, 0.15) is 0 Å². The van der Waals surface area contributed by atoms with Crippen LogP contribution in [0, 0.1) is 6.58 Å². The third kappa shape index (κ3) is 5.92. The molecule has 2 nitrogen and oxygen atoms in total. The first-order valence-corrected chi connectivity index (χ1v) is 1.47. The number of carboxylic acids is 1. The van der Waals surface area contributed by atoms with Gasteiger partial charge in [-0.25, -0.2) is 0 Å². The predicted molar refractivity (Wildman–Crippen MR) is 21.1 cm³/mol. The van der Waals surface area contributed by atoms with Gasteiger partial charge in [0.25, 0.3) is 0 Å². The van der Waals surface area contributed by atoms with Crippen LogP contribution >= 0.6 is 0 Å². The predicted octanol–water partition coefficient (Wildman–Crippen LogP) is 0.448. The van der Waals surface area contributed by atoms with Gasteiger partial charge in [-0.05, 0) is 0 Å². The molecule has 3 heteroatoms. The van der Waals surface area contributed by atoms with E-state index in [0.29, 0.717) is 0 Å². The van der Waals surface area contributed by atoms with Crippen LogP contribution in [-0.2, 0) is 26.5 Å². The molecule has 0 aromatic carbocycles. The van der Waals surface area contributed by atoms with Crippen LogP contribution in [0.1, 0.15) is 6.92 Å². The van der Waals surface area contributed by atoms with Crippen LogP contribution < -0.4 is 0 Å². The van der Waals surface area contributed by atoms with Gasteiger partial charge >= 0.3 is 0 Å². The molecule has 0 aliphatic heterocycles. The summed E-state index contributed by atoms with van der Waals surface area (Å²) >= 11 is 0. The van der Waals surface area contributed by atoms with Crippen LogP contribution in [0.5, 0.6) is 0 Å². The molecular formula is C4H5O2Ti-. The van der Waals surface area contributed by atoms with Crippen LogP contribution in [-0.4, -0.2) is 11.1 Å². The van der Waals surface area contributed by atoms with Crippen molar-refractivity contribution in [2.24, 2.45) is 0 Å². The average Bonchev–Trinajstić information content (AvgIpc) is 1.36. The number of carbonyl (C=O) groups is 1. The SMILES string of the molecule is [CH-]=C(C)C(=O)O.[Ti]. The van der Waals surface area contributed by atoms with E-state index in [1.807, 2.05) is 0 Å². The van der Waals surface area contributed by atoms with Gasteiger partial charge in [0, 0.05) is 21.7 Å². The zero-order chi connectivity index (χ0) is 5.15. The van der Waals surface area contributed by atoms with E-state index in [4.69, 9.17) is 11.7 Å². The van der Waals surface area contributed by atoms with Crippen molar-refractivity contribution in [3.05, 3.63) is 12.2 Å². The fraction of sp³-hybridized carbons (Fsp3) is 0.250. The van der Waals surface area contributed by atoms with Gasteiger partial charge in [-0.2, -0.15) is 0 Å². The summed E-state index contributed by atoms with van der Waals surface area (Å²) in [4.78, 5) is 9.54. The molecule has 0 fully saturated rings. The maximum atomic E-state index is 9.54. The summed E-state index contributed by atoms with van der Waals surface area (Å²) in [6, 6.07) is 0. The average molecular weight is 133 g/mol. The minimum atomic E-state index is -1.05. The fourth-order valence-electron chi connectivity index (χ4n) is 0. The summed E-state index contributed by atoms with van der Waals surface area (Å²) in [7, 11) is 0. The molecule has 0 amide bonds. The summed E-state index contributed by atoms with van der Waals surface area (Å²) in [5.41, 5.74) is -0.0741. The first-order valence-electron chi connectivity index (χ1n) is 1.47. The number of carboxylic acid groups (broad SMARTS) is 1. The summed E-state index contributed by atoms with van der Waals surface area (Å²) < 4.78 is 0. The molecule has 0 saturated heterocycles. The summed E-state index contributed by atoms with van der Waals surface area (Å²) in [6.45, 7) is 6.09. The Morgan fingerprint density at radius 1 is 1.71 bits per heavy atom. The van der Waals surface area contributed by atoms with Crippen molar-refractivity contribution in [3.8, 4) is 0 Å². The van der Waals surface area contributed by atoms with Gasteiger partial charge < -0.3 is 9.90 Å². The van der Waals surface area contributed by atoms with Crippen molar-refractivity contribution in [2.45, 2.75) is 6.92 Å². The Balaban J connectivity index is 0. The van der Waals surface area contributed by atoms with E-state index in [1.54, 1.807) is 0 Å². The van der Waals surface area contributed by atoms with Crippen LogP contribution in [0.3, 0.4) is 0 Å². The Kier molecular flexibility index (Phi) is 5.86. The van der Waals surface area contributed by atoms with Gasteiger partial charge in [0.05, 0.1) is 0 Å². The standard InChI is InChI=1S/C4H5O2.Ti/c1-3(2)4(5)6;/h1H,2H3,(H,5,6);/q-1;. The number of aliphatic carboxylic acids is 1. The maximum absolute atomic E-state index is 9.54. The molecule has 0 radical (unpaired) electrons. The van der Waals surface area contributed by atoms with E-state index in [-0.39, 0.29) is 27.3 Å². The number of hydrogen-bond donors (Lipinski definition) is 1. The molecule has 0 atom stereocenters. The van der Waals surface area contributed by atoms with Gasteiger partial charge in [-0.1, -0.05) is 6.92 Å². The molecule has 7 heavy (non-hydrogen) atoms. The number of hydrogen-bond acceptors (Lipinski definition) is 1. The second-order valence-electron chi connectivity index (χ2n) is 0.988. The van der Waals surface area contributed by atoms with Gasteiger partial charge in [0.15, 0.2) is 5.97 Å². The fourth-order valence-corrected chi connectivity index (χ4v) is 0. The van der Waals surface area contributed by atoms with Crippen molar-refractivity contribution >= 4 is 5.97 Å². The van der Waals surface area contributed by atoms with E-state index in [2.05, 4.69) is 0 Å². The molecule has 0 aliphatic carbocycles. The van der Waals surface area contributed by atoms with Crippen LogP contribution in [0.15, 0.2) is 5.57 Å². The third-order valence-corrected chi connectivity index (χ3v) is 0.337. The van der Waals surface area contributed by atoms with Crippen LogP contribution in [0.4, 0.5) is 0 Å². The Morgan fingerprint density at radius 2 is 1.86 bits per heavy atom. The van der Waals surface area contributed by atoms with E-state index < -0.39 is 5.97 Å². The van der Waals surface area contributed by atoms with Crippen molar-refractivity contribution in [1.82, 2.24) is 0 Å². The van der Waals surface area contributed by atoms with Crippen molar-refractivity contribution in [2.75, 3.05) is 0 Å². The van der Waals surface area contributed by atoms with Crippen molar-refractivity contribution in [3.63, 3.8) is 0 Å². The Morgan fingerprint density at radius 3 is 1.86 bits per heavy atom. The molecule has 0 heterocycles. The first kappa shape index (κ1) is 10.0. The van der Waals surface area contributed by atoms with Gasteiger partial charge in [-0.3, -0.25) is 6.58 Å². The normalized spacial score (nSPS) is 6.43. The van der Waals surface area contributed by atoms with Crippen molar-refractivity contribution < 1.29 is 31.6 Å². The van der Waals surface area contributed by atoms with E-state index in [0.717, 1.165) is 0 Å². The zero-order valence-electron chi connectivity index (χ0n) is 3.93.